The molecule has 0 spiro atoms. The Labute approximate surface area is 251 Å². The van der Waals surface area contributed by atoms with Crippen LogP contribution in [0.4, 0.5) is 17.1 Å². The van der Waals surface area contributed by atoms with Crippen LogP contribution in [0.25, 0.3) is 54.6 Å². The first-order chi connectivity index (χ1) is 21.3. The first-order valence-corrected chi connectivity index (χ1v) is 14.8. The smallest absolute Gasteiger partial charge is 0.0546 e. The van der Waals surface area contributed by atoms with Crippen LogP contribution >= 0.6 is 0 Å². The average molecular weight is 548 g/mol. The Bertz CT molecular complexity index is 2210. The van der Waals surface area contributed by atoms with E-state index in [4.69, 9.17) is 0 Å². The molecular weight excluding hydrogens is 518 g/mol. The second-order valence-corrected chi connectivity index (χ2v) is 11.0. The van der Waals surface area contributed by atoms with Crippen molar-refractivity contribution in [3.8, 4) is 22.3 Å². The number of rotatable bonds is 5. The van der Waals surface area contributed by atoms with Crippen molar-refractivity contribution < 1.29 is 0 Å². The van der Waals surface area contributed by atoms with E-state index in [0.717, 1.165) is 11.4 Å². The van der Waals surface area contributed by atoms with Crippen LogP contribution in [0.2, 0.25) is 0 Å². The minimum absolute atomic E-state index is 1.12. The summed E-state index contributed by atoms with van der Waals surface area (Å²) in [5.74, 6) is 0. The van der Waals surface area contributed by atoms with Crippen LogP contribution in [-0.4, -0.2) is 0 Å². The Morgan fingerprint density at radius 1 is 0.326 bits per heavy atom. The van der Waals surface area contributed by atoms with Gasteiger partial charge in [-0.2, -0.15) is 0 Å². The Kier molecular flexibility index (Phi) is 6.20. The van der Waals surface area contributed by atoms with Crippen molar-refractivity contribution in [2.75, 3.05) is 4.90 Å². The third-order valence-corrected chi connectivity index (χ3v) is 8.43. The maximum Gasteiger partial charge on any atom is 0.0546 e. The lowest BCUT2D eigenvalue weighted by Crippen LogP contribution is -2.10. The minimum atomic E-state index is 1.12. The highest BCUT2D eigenvalue weighted by Crippen LogP contribution is 2.43. The minimum Gasteiger partial charge on any atom is -0.310 e. The number of benzene rings is 8. The zero-order chi connectivity index (χ0) is 28.6. The largest absolute Gasteiger partial charge is 0.310 e. The van der Waals surface area contributed by atoms with E-state index < -0.39 is 0 Å². The maximum atomic E-state index is 2.39. The summed E-state index contributed by atoms with van der Waals surface area (Å²) in [7, 11) is 0. The van der Waals surface area contributed by atoms with Gasteiger partial charge in [0, 0.05) is 16.8 Å². The van der Waals surface area contributed by atoms with E-state index in [2.05, 4.69) is 181 Å². The van der Waals surface area contributed by atoms with Crippen LogP contribution in [0.1, 0.15) is 0 Å². The molecule has 0 fully saturated rings. The lowest BCUT2D eigenvalue weighted by Gasteiger charge is -2.27. The van der Waals surface area contributed by atoms with E-state index in [-0.39, 0.29) is 0 Å². The average Bonchev–Trinajstić information content (AvgIpc) is 3.09. The van der Waals surface area contributed by atoms with E-state index in [0.29, 0.717) is 0 Å². The highest BCUT2D eigenvalue weighted by atomic mass is 15.1. The van der Waals surface area contributed by atoms with Crippen LogP contribution < -0.4 is 4.90 Å². The van der Waals surface area contributed by atoms with E-state index in [1.807, 2.05) is 0 Å². The van der Waals surface area contributed by atoms with Crippen LogP contribution in [-0.2, 0) is 0 Å². The molecule has 0 radical (unpaired) electrons. The molecule has 0 aromatic heterocycles. The molecule has 0 amide bonds. The molecule has 8 aromatic carbocycles. The van der Waals surface area contributed by atoms with Gasteiger partial charge in [0.2, 0.25) is 0 Å². The van der Waals surface area contributed by atoms with Gasteiger partial charge in [0.25, 0.3) is 0 Å². The van der Waals surface area contributed by atoms with Gasteiger partial charge in [0.1, 0.15) is 0 Å². The number of hydrogen-bond acceptors (Lipinski definition) is 1. The molecule has 0 heterocycles. The molecular formula is C42H29N. The van der Waals surface area contributed by atoms with Gasteiger partial charge in [-0.05, 0) is 79.5 Å². The first-order valence-electron chi connectivity index (χ1n) is 14.8. The van der Waals surface area contributed by atoms with Gasteiger partial charge >= 0.3 is 0 Å². The van der Waals surface area contributed by atoms with Gasteiger partial charge in [-0.25, -0.2) is 0 Å². The molecule has 8 aromatic rings. The molecule has 0 atom stereocenters. The fraction of sp³-hybridized carbons (Fsp3) is 0. The molecule has 0 unspecified atom stereocenters. The standard InChI is InChI=1S/C42H29N/c1-3-13-30(14-4-1)37-23-11-16-32-17-12-24-38(42(32)37)31-25-27-35(28-26-31)43(34-18-5-2-6-19-34)41-29-33-15-7-8-20-36(33)39-21-9-10-22-40(39)41/h1-29H. The number of anilines is 3. The topological polar surface area (TPSA) is 3.24 Å². The Balaban J connectivity index is 1.31. The molecule has 202 valence electrons. The Hall–Kier alpha value is -5.66. The molecule has 0 aliphatic rings. The van der Waals surface area contributed by atoms with Gasteiger partial charge in [-0.15, -0.1) is 0 Å². The fourth-order valence-corrected chi connectivity index (χ4v) is 6.45. The van der Waals surface area contributed by atoms with E-state index in [1.165, 1.54) is 60.3 Å². The summed E-state index contributed by atoms with van der Waals surface area (Å²) in [6.07, 6.45) is 0. The normalized spacial score (nSPS) is 11.3. The van der Waals surface area contributed by atoms with Gasteiger partial charge < -0.3 is 4.90 Å². The van der Waals surface area contributed by atoms with Crippen molar-refractivity contribution in [2.45, 2.75) is 0 Å². The molecule has 0 saturated carbocycles. The highest BCUT2D eigenvalue weighted by molar-refractivity contribution is 6.14. The van der Waals surface area contributed by atoms with Crippen LogP contribution in [0, 0.1) is 0 Å². The molecule has 0 N–H and O–H groups in total. The van der Waals surface area contributed by atoms with E-state index in [9.17, 15) is 0 Å². The Morgan fingerprint density at radius 3 is 1.53 bits per heavy atom. The van der Waals surface area contributed by atoms with Crippen molar-refractivity contribution in [3.05, 3.63) is 176 Å². The van der Waals surface area contributed by atoms with Crippen molar-refractivity contribution in [1.82, 2.24) is 0 Å². The van der Waals surface area contributed by atoms with Crippen molar-refractivity contribution >= 4 is 49.4 Å². The van der Waals surface area contributed by atoms with Crippen LogP contribution in [0.5, 0.6) is 0 Å². The predicted molar refractivity (Wildman–Crippen MR) is 185 cm³/mol. The third-order valence-electron chi connectivity index (χ3n) is 8.43. The van der Waals surface area contributed by atoms with E-state index in [1.54, 1.807) is 0 Å². The van der Waals surface area contributed by atoms with Crippen LogP contribution in [0.3, 0.4) is 0 Å². The zero-order valence-corrected chi connectivity index (χ0v) is 23.7. The summed E-state index contributed by atoms with van der Waals surface area (Å²) in [5, 5.41) is 7.53. The third kappa shape index (κ3) is 4.43. The molecule has 1 nitrogen and oxygen atoms in total. The monoisotopic (exact) mass is 547 g/mol. The van der Waals surface area contributed by atoms with Gasteiger partial charge in [-0.1, -0.05) is 146 Å². The van der Waals surface area contributed by atoms with Crippen LogP contribution in [0.15, 0.2) is 176 Å². The summed E-state index contributed by atoms with van der Waals surface area (Å²) < 4.78 is 0. The number of fused-ring (bicyclic) bond motifs is 4. The number of para-hydroxylation sites is 1. The first kappa shape index (κ1) is 25.1. The van der Waals surface area contributed by atoms with Crippen molar-refractivity contribution in [1.29, 1.82) is 0 Å². The summed E-state index contributed by atoms with van der Waals surface area (Å²) in [4.78, 5) is 2.39. The lowest BCUT2D eigenvalue weighted by atomic mass is 9.91. The van der Waals surface area contributed by atoms with Gasteiger partial charge in [-0.3, -0.25) is 0 Å². The zero-order valence-electron chi connectivity index (χ0n) is 23.7. The summed E-state index contributed by atoms with van der Waals surface area (Å²) >= 11 is 0. The second kappa shape index (κ2) is 10.6. The molecule has 0 aliphatic carbocycles. The molecule has 0 saturated heterocycles. The molecule has 0 bridgehead atoms. The number of hydrogen-bond donors (Lipinski definition) is 0. The van der Waals surface area contributed by atoms with Crippen molar-refractivity contribution in [3.63, 3.8) is 0 Å². The summed E-state index contributed by atoms with van der Waals surface area (Å²) in [6.45, 7) is 0. The maximum absolute atomic E-state index is 2.39. The lowest BCUT2D eigenvalue weighted by molar-refractivity contribution is 1.30. The molecule has 43 heavy (non-hydrogen) atoms. The highest BCUT2D eigenvalue weighted by Gasteiger charge is 2.18. The second-order valence-electron chi connectivity index (χ2n) is 11.0. The quantitative estimate of drug-likeness (QED) is 0.194. The predicted octanol–water partition coefficient (Wildman–Crippen LogP) is 11.9. The summed E-state index contributed by atoms with van der Waals surface area (Å²) in [5.41, 5.74) is 8.36. The van der Waals surface area contributed by atoms with Gasteiger partial charge in [0.05, 0.1) is 5.69 Å². The molecule has 8 rings (SSSR count). The number of nitrogens with zero attached hydrogens (tertiary/aromatic N) is 1. The van der Waals surface area contributed by atoms with Crippen molar-refractivity contribution in [2.24, 2.45) is 0 Å². The van der Waals surface area contributed by atoms with E-state index >= 15 is 0 Å². The fourth-order valence-electron chi connectivity index (χ4n) is 6.45. The van der Waals surface area contributed by atoms with Gasteiger partial charge in [0.15, 0.2) is 0 Å². The SMILES string of the molecule is c1ccc(-c2cccc3cccc(-c4ccc(N(c5ccccc5)c5cc6ccccc6c6ccccc56)cc4)c23)cc1. The molecule has 0 aliphatic heterocycles. The summed E-state index contributed by atoms with van der Waals surface area (Å²) in [6, 6.07) is 63.4. The Morgan fingerprint density at radius 2 is 0.837 bits per heavy atom. The molecule has 1 heteroatoms.